The Morgan fingerprint density at radius 1 is 1.17 bits per heavy atom. The summed E-state index contributed by atoms with van der Waals surface area (Å²) < 4.78 is 59.4. The topological polar surface area (TPSA) is 94.1 Å². The molecular formula is C18H19F2N5O3S2. The first kappa shape index (κ1) is 20.9. The third-order valence-electron chi connectivity index (χ3n) is 4.72. The van der Waals surface area contributed by atoms with E-state index < -0.39 is 16.6 Å². The lowest BCUT2D eigenvalue weighted by atomic mass is 10.2. The standard InChI is InChI=1S/C18H19F2N5O3S2/c19-17(20)25-10-7-21-15(25)12-29-18-23-22-16(28-18)13-5-4-6-14(11-13)30(26,27)24-8-2-1-3-9-24/h4-7,10-11,17H,1-3,8-9,12H2. The maximum atomic E-state index is 12.9. The zero-order valence-electron chi connectivity index (χ0n) is 15.8. The van der Waals surface area contributed by atoms with Gasteiger partial charge >= 0.3 is 6.55 Å². The normalized spacial score (nSPS) is 15.7. The van der Waals surface area contributed by atoms with Gasteiger partial charge in [-0.05, 0) is 31.0 Å². The third kappa shape index (κ3) is 4.40. The van der Waals surface area contributed by atoms with Crippen LogP contribution in [0, 0.1) is 0 Å². The van der Waals surface area contributed by atoms with Crippen LogP contribution in [0.4, 0.5) is 8.78 Å². The molecule has 1 saturated heterocycles. The molecule has 1 aromatic carbocycles. The Bertz CT molecular complexity index is 1110. The zero-order valence-corrected chi connectivity index (χ0v) is 17.5. The molecular weight excluding hydrogens is 436 g/mol. The van der Waals surface area contributed by atoms with E-state index in [1.54, 1.807) is 18.2 Å². The van der Waals surface area contributed by atoms with Crippen molar-refractivity contribution in [3.63, 3.8) is 0 Å². The fraction of sp³-hybridized carbons (Fsp3) is 0.389. The largest absolute Gasteiger partial charge is 0.411 e. The highest BCUT2D eigenvalue weighted by Crippen LogP contribution is 2.29. The zero-order chi connectivity index (χ0) is 21.1. The van der Waals surface area contributed by atoms with E-state index in [2.05, 4.69) is 15.2 Å². The molecule has 30 heavy (non-hydrogen) atoms. The Kier molecular flexibility index (Phi) is 6.16. The van der Waals surface area contributed by atoms with Crippen LogP contribution in [0.3, 0.4) is 0 Å². The summed E-state index contributed by atoms with van der Waals surface area (Å²) in [6, 6.07) is 6.36. The van der Waals surface area contributed by atoms with Gasteiger partial charge in [-0.1, -0.05) is 24.2 Å². The molecule has 0 N–H and O–H groups in total. The van der Waals surface area contributed by atoms with Crippen LogP contribution in [0.2, 0.25) is 0 Å². The van der Waals surface area contributed by atoms with E-state index in [1.165, 1.54) is 22.8 Å². The van der Waals surface area contributed by atoms with Crippen LogP contribution in [0.5, 0.6) is 0 Å². The molecule has 3 aromatic rings. The molecule has 0 saturated carbocycles. The summed E-state index contributed by atoms with van der Waals surface area (Å²) in [6.45, 7) is -1.64. The summed E-state index contributed by atoms with van der Waals surface area (Å²) in [4.78, 5) is 4.08. The minimum Gasteiger partial charge on any atom is -0.411 e. The summed E-state index contributed by atoms with van der Waals surface area (Å²) >= 11 is 1.07. The Balaban J connectivity index is 1.49. The maximum Gasteiger partial charge on any atom is 0.319 e. The fourth-order valence-corrected chi connectivity index (χ4v) is 5.46. The van der Waals surface area contributed by atoms with Gasteiger partial charge in [0.05, 0.1) is 10.6 Å². The number of benzene rings is 1. The van der Waals surface area contributed by atoms with Crippen molar-refractivity contribution in [2.75, 3.05) is 13.1 Å². The SMILES string of the molecule is O=S(=O)(c1cccc(-c2nnc(SCc3nccn3C(F)F)o2)c1)N1CCCCC1. The predicted molar refractivity (Wildman–Crippen MR) is 105 cm³/mol. The second-order valence-electron chi connectivity index (χ2n) is 6.68. The lowest BCUT2D eigenvalue weighted by molar-refractivity contribution is 0.0677. The Morgan fingerprint density at radius 3 is 2.73 bits per heavy atom. The van der Waals surface area contributed by atoms with Gasteiger partial charge in [-0.15, -0.1) is 10.2 Å². The van der Waals surface area contributed by atoms with Crippen molar-refractivity contribution in [2.24, 2.45) is 0 Å². The van der Waals surface area contributed by atoms with Gasteiger partial charge < -0.3 is 4.42 Å². The van der Waals surface area contributed by atoms with Crippen molar-refractivity contribution in [1.29, 1.82) is 0 Å². The van der Waals surface area contributed by atoms with E-state index >= 15 is 0 Å². The van der Waals surface area contributed by atoms with Crippen LogP contribution in [0.1, 0.15) is 31.6 Å². The quantitative estimate of drug-likeness (QED) is 0.500. The summed E-state index contributed by atoms with van der Waals surface area (Å²) in [5.41, 5.74) is 0.474. The van der Waals surface area contributed by atoms with Gasteiger partial charge in [0.2, 0.25) is 15.9 Å². The molecule has 0 amide bonds. The summed E-state index contributed by atoms with van der Waals surface area (Å²) in [5, 5.41) is 8.05. The van der Waals surface area contributed by atoms with Crippen LogP contribution in [0.25, 0.3) is 11.5 Å². The van der Waals surface area contributed by atoms with Crippen molar-refractivity contribution in [2.45, 2.75) is 41.7 Å². The highest BCUT2D eigenvalue weighted by molar-refractivity contribution is 7.98. The van der Waals surface area contributed by atoms with Crippen molar-refractivity contribution in [3.05, 3.63) is 42.5 Å². The van der Waals surface area contributed by atoms with Crippen LogP contribution >= 0.6 is 11.8 Å². The van der Waals surface area contributed by atoms with Crippen molar-refractivity contribution < 1.29 is 21.6 Å². The van der Waals surface area contributed by atoms with E-state index in [-0.39, 0.29) is 27.6 Å². The van der Waals surface area contributed by atoms with Crippen molar-refractivity contribution >= 4 is 21.8 Å². The second kappa shape index (κ2) is 8.82. The molecule has 0 atom stereocenters. The summed E-state index contributed by atoms with van der Waals surface area (Å²) in [6.07, 6.45) is 5.25. The van der Waals surface area contributed by atoms with Gasteiger partial charge in [0.25, 0.3) is 5.22 Å². The monoisotopic (exact) mass is 455 g/mol. The molecule has 1 fully saturated rings. The number of aromatic nitrogens is 4. The van der Waals surface area contributed by atoms with Crippen LogP contribution in [-0.2, 0) is 15.8 Å². The van der Waals surface area contributed by atoms with Crippen molar-refractivity contribution in [1.82, 2.24) is 24.1 Å². The number of alkyl halides is 2. The molecule has 160 valence electrons. The minimum atomic E-state index is -3.58. The van der Waals surface area contributed by atoms with Crippen LogP contribution in [-0.4, -0.2) is 45.6 Å². The molecule has 12 heteroatoms. The van der Waals surface area contributed by atoms with E-state index in [9.17, 15) is 17.2 Å². The highest BCUT2D eigenvalue weighted by Gasteiger charge is 2.26. The van der Waals surface area contributed by atoms with Gasteiger partial charge in [-0.25, -0.2) is 13.4 Å². The first-order chi connectivity index (χ1) is 14.4. The minimum absolute atomic E-state index is 0.127. The fourth-order valence-electron chi connectivity index (χ4n) is 3.19. The molecule has 0 bridgehead atoms. The number of thioether (sulfide) groups is 1. The average Bonchev–Trinajstić information content (AvgIpc) is 3.42. The molecule has 0 spiro atoms. The van der Waals surface area contributed by atoms with Crippen molar-refractivity contribution in [3.8, 4) is 11.5 Å². The molecule has 3 heterocycles. The van der Waals surface area contributed by atoms with E-state index in [4.69, 9.17) is 4.42 Å². The number of halogens is 2. The Labute approximate surface area is 176 Å². The van der Waals surface area contributed by atoms with Gasteiger partial charge in [-0.3, -0.25) is 4.57 Å². The molecule has 1 aliphatic heterocycles. The van der Waals surface area contributed by atoms with E-state index in [0.717, 1.165) is 35.6 Å². The molecule has 0 unspecified atom stereocenters. The number of imidazole rings is 1. The van der Waals surface area contributed by atoms with Crippen LogP contribution in [0.15, 0.2) is 51.2 Å². The highest BCUT2D eigenvalue weighted by atomic mass is 32.2. The lowest BCUT2D eigenvalue weighted by Gasteiger charge is -2.25. The number of rotatable bonds is 7. The average molecular weight is 456 g/mol. The maximum absolute atomic E-state index is 12.9. The summed E-state index contributed by atoms with van der Waals surface area (Å²) in [5.74, 6) is 0.470. The van der Waals surface area contributed by atoms with Gasteiger partial charge in [0, 0.05) is 31.0 Å². The number of piperidine rings is 1. The molecule has 2 aromatic heterocycles. The number of hydrogen-bond acceptors (Lipinski definition) is 7. The molecule has 4 rings (SSSR count). The molecule has 0 radical (unpaired) electrons. The second-order valence-corrected chi connectivity index (χ2v) is 9.55. The number of hydrogen-bond donors (Lipinski definition) is 0. The van der Waals surface area contributed by atoms with Gasteiger partial charge in [0.15, 0.2) is 0 Å². The Morgan fingerprint density at radius 2 is 1.97 bits per heavy atom. The lowest BCUT2D eigenvalue weighted by Crippen LogP contribution is -2.35. The predicted octanol–water partition coefficient (Wildman–Crippen LogP) is 3.80. The molecule has 8 nitrogen and oxygen atoms in total. The van der Waals surface area contributed by atoms with Crippen LogP contribution < -0.4 is 0 Å². The third-order valence-corrected chi connectivity index (χ3v) is 7.43. The number of sulfonamides is 1. The molecule has 0 aliphatic carbocycles. The van der Waals surface area contributed by atoms with E-state index in [0.29, 0.717) is 18.7 Å². The van der Waals surface area contributed by atoms with Gasteiger partial charge in [-0.2, -0.15) is 13.1 Å². The first-order valence-corrected chi connectivity index (χ1v) is 11.7. The summed E-state index contributed by atoms with van der Waals surface area (Å²) in [7, 11) is -3.58. The number of nitrogens with zero attached hydrogens (tertiary/aromatic N) is 5. The Hall–Kier alpha value is -2.31. The van der Waals surface area contributed by atoms with Gasteiger partial charge in [0.1, 0.15) is 5.82 Å². The smallest absolute Gasteiger partial charge is 0.319 e. The van der Waals surface area contributed by atoms with E-state index in [1.807, 2.05) is 0 Å². The molecule has 1 aliphatic rings. The first-order valence-electron chi connectivity index (χ1n) is 9.32.